The summed E-state index contributed by atoms with van der Waals surface area (Å²) in [5, 5.41) is 1.83. The molecule has 0 aliphatic carbocycles. The lowest BCUT2D eigenvalue weighted by Crippen LogP contribution is -2.46. The third-order valence-corrected chi connectivity index (χ3v) is 7.90. The summed E-state index contributed by atoms with van der Waals surface area (Å²) in [7, 11) is 0. The number of hydrogen-bond acceptors (Lipinski definition) is 7. The van der Waals surface area contributed by atoms with E-state index in [9.17, 15) is 4.79 Å². The van der Waals surface area contributed by atoms with Gasteiger partial charge in [-0.25, -0.2) is 4.98 Å². The highest BCUT2D eigenvalue weighted by atomic mass is 35.5. The minimum absolute atomic E-state index is 0.126. The molecule has 158 valence electrons. The summed E-state index contributed by atoms with van der Waals surface area (Å²) < 4.78 is 1.19. The van der Waals surface area contributed by atoms with Gasteiger partial charge in [0.05, 0.1) is 22.1 Å². The van der Waals surface area contributed by atoms with Crippen LogP contribution < -0.4 is 10.6 Å². The van der Waals surface area contributed by atoms with Gasteiger partial charge in [0.15, 0.2) is 5.13 Å². The SMILES string of the molecule is NC(CCCCN1CCN(c2nc3cc(Cl)ccc3s2)CC1)C(=O)N1CCSC1. The van der Waals surface area contributed by atoms with Gasteiger partial charge in [-0.2, -0.15) is 0 Å². The molecule has 0 saturated carbocycles. The molecule has 4 rings (SSSR count). The molecule has 2 fully saturated rings. The van der Waals surface area contributed by atoms with Gasteiger partial charge in [0.2, 0.25) is 5.91 Å². The fraction of sp³-hybridized carbons (Fsp3) is 0.600. The molecule has 29 heavy (non-hydrogen) atoms. The molecule has 1 amide bonds. The standard InChI is InChI=1S/C20H28ClN5OS2/c21-15-4-5-18-17(13-15)23-20(29-18)25-9-7-24(8-10-25)6-2-1-3-16(22)19(27)26-11-12-28-14-26/h4-5,13,16H,1-3,6-12,14,22H2. The number of unbranched alkanes of at least 4 members (excludes halogenated alkanes) is 1. The number of carbonyl (C=O) groups is 1. The highest BCUT2D eigenvalue weighted by molar-refractivity contribution is 7.99. The van der Waals surface area contributed by atoms with Crippen LogP contribution in [0, 0.1) is 0 Å². The van der Waals surface area contributed by atoms with Crippen LogP contribution in [0.3, 0.4) is 0 Å². The van der Waals surface area contributed by atoms with E-state index < -0.39 is 0 Å². The van der Waals surface area contributed by atoms with E-state index in [-0.39, 0.29) is 11.9 Å². The van der Waals surface area contributed by atoms with Crippen molar-refractivity contribution in [2.75, 3.05) is 55.8 Å². The predicted octanol–water partition coefficient (Wildman–Crippen LogP) is 3.10. The van der Waals surface area contributed by atoms with E-state index in [0.29, 0.717) is 0 Å². The van der Waals surface area contributed by atoms with Crippen LogP contribution in [0.1, 0.15) is 19.3 Å². The summed E-state index contributed by atoms with van der Waals surface area (Å²) in [5.74, 6) is 1.97. The number of rotatable bonds is 7. The van der Waals surface area contributed by atoms with E-state index in [4.69, 9.17) is 22.3 Å². The fourth-order valence-corrected chi connectivity index (χ4v) is 5.95. The van der Waals surface area contributed by atoms with E-state index in [1.807, 2.05) is 23.1 Å². The summed E-state index contributed by atoms with van der Waals surface area (Å²) in [6.45, 7) is 6.02. The molecule has 1 unspecified atom stereocenters. The third-order valence-electron chi connectivity index (χ3n) is 5.60. The molecule has 1 aromatic carbocycles. The summed E-state index contributed by atoms with van der Waals surface area (Å²) in [6, 6.07) is 5.57. The Morgan fingerprint density at radius 3 is 2.79 bits per heavy atom. The number of benzene rings is 1. The zero-order valence-corrected chi connectivity index (χ0v) is 18.9. The number of nitrogens with two attached hydrogens (primary N) is 1. The Morgan fingerprint density at radius 1 is 1.21 bits per heavy atom. The maximum absolute atomic E-state index is 12.3. The summed E-state index contributed by atoms with van der Waals surface area (Å²) in [4.78, 5) is 23.8. The number of halogens is 1. The van der Waals surface area contributed by atoms with Crippen LogP contribution in [0.15, 0.2) is 18.2 Å². The largest absolute Gasteiger partial charge is 0.345 e. The second kappa shape index (κ2) is 9.83. The summed E-state index contributed by atoms with van der Waals surface area (Å²) >= 11 is 9.62. The maximum atomic E-state index is 12.3. The maximum Gasteiger partial charge on any atom is 0.240 e. The summed E-state index contributed by atoms with van der Waals surface area (Å²) in [5.41, 5.74) is 7.09. The van der Waals surface area contributed by atoms with Gasteiger partial charge in [0.25, 0.3) is 0 Å². The van der Waals surface area contributed by atoms with Gasteiger partial charge in [-0.3, -0.25) is 9.69 Å². The quantitative estimate of drug-likeness (QED) is 0.650. The van der Waals surface area contributed by atoms with Crippen molar-refractivity contribution in [2.24, 2.45) is 5.73 Å². The van der Waals surface area contributed by atoms with Crippen molar-refractivity contribution in [3.8, 4) is 0 Å². The number of thioether (sulfide) groups is 1. The minimum atomic E-state index is -0.335. The van der Waals surface area contributed by atoms with E-state index in [1.54, 1.807) is 23.1 Å². The fourth-order valence-electron chi connectivity index (χ4n) is 3.83. The van der Waals surface area contributed by atoms with Gasteiger partial charge in [0.1, 0.15) is 0 Å². The lowest BCUT2D eigenvalue weighted by Gasteiger charge is -2.34. The van der Waals surface area contributed by atoms with Gasteiger partial charge in [-0.15, -0.1) is 11.8 Å². The number of nitrogens with zero attached hydrogens (tertiary/aromatic N) is 4. The first-order valence-electron chi connectivity index (χ1n) is 10.3. The first-order chi connectivity index (χ1) is 14.1. The number of piperazine rings is 1. The van der Waals surface area contributed by atoms with E-state index in [0.717, 1.165) is 85.8 Å². The lowest BCUT2D eigenvalue weighted by atomic mass is 10.1. The van der Waals surface area contributed by atoms with Crippen LogP contribution in [-0.2, 0) is 4.79 Å². The van der Waals surface area contributed by atoms with Gasteiger partial charge in [-0.05, 0) is 37.6 Å². The van der Waals surface area contributed by atoms with Crippen molar-refractivity contribution in [1.29, 1.82) is 0 Å². The predicted molar refractivity (Wildman–Crippen MR) is 124 cm³/mol. The average Bonchev–Trinajstić information content (AvgIpc) is 3.40. The average molecular weight is 454 g/mol. The highest BCUT2D eigenvalue weighted by Gasteiger charge is 2.24. The molecule has 2 aliphatic heterocycles. The monoisotopic (exact) mass is 453 g/mol. The van der Waals surface area contributed by atoms with Crippen LogP contribution in [0.4, 0.5) is 5.13 Å². The Bertz CT molecular complexity index is 833. The third kappa shape index (κ3) is 5.35. The second-order valence-corrected chi connectivity index (χ2v) is 10.2. The van der Waals surface area contributed by atoms with E-state index in [2.05, 4.69) is 9.80 Å². The van der Waals surface area contributed by atoms with Crippen molar-refractivity contribution in [2.45, 2.75) is 25.3 Å². The number of anilines is 1. The van der Waals surface area contributed by atoms with Gasteiger partial charge in [-0.1, -0.05) is 29.4 Å². The van der Waals surface area contributed by atoms with Crippen molar-refractivity contribution in [1.82, 2.24) is 14.8 Å². The molecule has 0 bridgehead atoms. The Balaban J connectivity index is 1.16. The van der Waals surface area contributed by atoms with Crippen molar-refractivity contribution < 1.29 is 4.79 Å². The molecule has 0 spiro atoms. The Morgan fingerprint density at radius 2 is 2.03 bits per heavy atom. The van der Waals surface area contributed by atoms with Crippen LogP contribution in [0.25, 0.3) is 10.2 Å². The molecule has 2 aliphatic rings. The van der Waals surface area contributed by atoms with Crippen LogP contribution >= 0.6 is 34.7 Å². The molecule has 9 heteroatoms. The number of amides is 1. The number of thiazole rings is 1. The Kier molecular flexibility index (Phi) is 7.18. The number of carbonyl (C=O) groups excluding carboxylic acids is 1. The van der Waals surface area contributed by atoms with Gasteiger partial charge >= 0.3 is 0 Å². The Labute approximate surface area is 185 Å². The molecule has 1 atom stereocenters. The molecule has 2 aromatic rings. The molecule has 1 aromatic heterocycles. The minimum Gasteiger partial charge on any atom is -0.345 e. The van der Waals surface area contributed by atoms with Crippen molar-refractivity contribution >= 4 is 56.0 Å². The number of aromatic nitrogens is 1. The molecule has 0 radical (unpaired) electrons. The van der Waals surface area contributed by atoms with E-state index in [1.165, 1.54) is 4.70 Å². The van der Waals surface area contributed by atoms with Crippen LogP contribution in [-0.4, -0.2) is 77.6 Å². The van der Waals surface area contributed by atoms with E-state index >= 15 is 0 Å². The molecular weight excluding hydrogens is 426 g/mol. The second-order valence-electron chi connectivity index (χ2n) is 7.68. The first-order valence-corrected chi connectivity index (χ1v) is 12.6. The van der Waals surface area contributed by atoms with Crippen LogP contribution in [0.5, 0.6) is 0 Å². The number of fused-ring (bicyclic) bond motifs is 1. The highest BCUT2D eigenvalue weighted by Crippen LogP contribution is 2.31. The summed E-state index contributed by atoms with van der Waals surface area (Å²) in [6.07, 6.45) is 2.89. The van der Waals surface area contributed by atoms with Crippen molar-refractivity contribution in [3.05, 3.63) is 23.2 Å². The van der Waals surface area contributed by atoms with Gasteiger partial charge in [0, 0.05) is 43.5 Å². The first kappa shape index (κ1) is 21.2. The molecular formula is C20H28ClN5OS2. The zero-order valence-electron chi connectivity index (χ0n) is 16.6. The van der Waals surface area contributed by atoms with Crippen LogP contribution in [0.2, 0.25) is 5.02 Å². The van der Waals surface area contributed by atoms with Gasteiger partial charge < -0.3 is 15.5 Å². The lowest BCUT2D eigenvalue weighted by molar-refractivity contribution is -0.131. The Hall–Kier alpha value is -1.06. The zero-order chi connectivity index (χ0) is 20.2. The molecule has 6 nitrogen and oxygen atoms in total. The smallest absolute Gasteiger partial charge is 0.240 e. The normalized spacial score (nSPS) is 19.2. The molecule has 3 heterocycles. The van der Waals surface area contributed by atoms with Crippen molar-refractivity contribution in [3.63, 3.8) is 0 Å². The molecule has 2 saturated heterocycles. The topological polar surface area (TPSA) is 65.7 Å². The molecule has 2 N–H and O–H groups in total. The number of hydrogen-bond donors (Lipinski definition) is 1.